The lowest BCUT2D eigenvalue weighted by Gasteiger charge is -2.42. The summed E-state index contributed by atoms with van der Waals surface area (Å²) >= 11 is 0. The van der Waals surface area contributed by atoms with Crippen molar-refractivity contribution in [1.82, 2.24) is 34.8 Å². The summed E-state index contributed by atoms with van der Waals surface area (Å²) in [5, 5.41) is 6.43. The van der Waals surface area contributed by atoms with Crippen LogP contribution >= 0.6 is 0 Å². The molecule has 16 heteroatoms. The van der Waals surface area contributed by atoms with Gasteiger partial charge < -0.3 is 19.6 Å². The van der Waals surface area contributed by atoms with E-state index in [1.807, 2.05) is 0 Å². The first kappa shape index (κ1) is 27.7. The fourth-order valence-corrected chi connectivity index (χ4v) is 4.61. The van der Waals surface area contributed by atoms with Crippen LogP contribution in [0.25, 0.3) is 11.3 Å². The molecule has 214 valence electrons. The van der Waals surface area contributed by atoms with E-state index < -0.39 is 47.8 Å². The molecule has 2 aliphatic heterocycles. The Bertz CT molecular complexity index is 1560. The fourth-order valence-electron chi connectivity index (χ4n) is 4.61. The predicted octanol–water partition coefficient (Wildman–Crippen LogP) is 2.62. The van der Waals surface area contributed by atoms with E-state index >= 15 is 0 Å². The van der Waals surface area contributed by atoms with E-state index in [9.17, 15) is 27.6 Å². The summed E-state index contributed by atoms with van der Waals surface area (Å²) in [4.78, 5) is 59.6. The molecular formula is C25H24F3N9O4. The standard InChI is InChI=1S/C25H24F3N9O4/c1-12-5-16(34-41-12)10-36-23(39)20-21(35(4)24(36)40)31-11-37(20)14(3)22(38)33-19-9-29-8-18(32-19)15-6-17(25(26,27)28)13(2)30-7-15/h5-9,11,14,20-21H,10H2,1-4H3,(H,32,33,38)/t14-,20?,21?/m0/s1. The number of likely N-dealkylation sites (N-methyl/N-ethyl adjacent to an activating group) is 1. The second kappa shape index (κ2) is 10.3. The minimum Gasteiger partial charge on any atom is -0.361 e. The number of nitrogens with zero attached hydrogens (tertiary/aromatic N) is 8. The summed E-state index contributed by atoms with van der Waals surface area (Å²) in [7, 11) is 1.50. The van der Waals surface area contributed by atoms with E-state index in [1.165, 1.54) is 55.6 Å². The number of hydrogen-bond acceptors (Lipinski definition) is 10. The van der Waals surface area contributed by atoms with Gasteiger partial charge in [-0.25, -0.2) is 14.8 Å². The minimum atomic E-state index is -4.60. The Morgan fingerprint density at radius 3 is 2.61 bits per heavy atom. The molecule has 1 fully saturated rings. The normalized spacial score (nSPS) is 19.5. The van der Waals surface area contributed by atoms with Crippen LogP contribution in [0.4, 0.5) is 23.8 Å². The molecule has 2 unspecified atom stereocenters. The Labute approximate surface area is 231 Å². The van der Waals surface area contributed by atoms with E-state index in [4.69, 9.17) is 4.52 Å². The first-order valence-electron chi connectivity index (χ1n) is 12.3. The van der Waals surface area contributed by atoms with Crippen molar-refractivity contribution in [3.8, 4) is 11.3 Å². The highest BCUT2D eigenvalue weighted by molar-refractivity contribution is 6.03. The number of amides is 4. The first-order chi connectivity index (χ1) is 19.3. The highest BCUT2D eigenvalue weighted by Crippen LogP contribution is 2.33. The summed E-state index contributed by atoms with van der Waals surface area (Å²) in [6.45, 7) is 4.35. The zero-order chi connectivity index (χ0) is 29.6. The smallest absolute Gasteiger partial charge is 0.361 e. The molecule has 13 nitrogen and oxygen atoms in total. The molecule has 41 heavy (non-hydrogen) atoms. The molecule has 0 spiro atoms. The summed E-state index contributed by atoms with van der Waals surface area (Å²) in [5.41, 5.74) is -0.570. The van der Waals surface area contributed by atoms with Gasteiger partial charge in [0.1, 0.15) is 17.5 Å². The van der Waals surface area contributed by atoms with Gasteiger partial charge in [-0.15, -0.1) is 0 Å². The largest absolute Gasteiger partial charge is 0.418 e. The number of rotatable bonds is 6. The molecule has 3 aromatic rings. The SMILES string of the molecule is Cc1cc(CN2C(=O)C3C(N=CN3[C@@H](C)C(=O)Nc3cncc(-c4cnc(C)c(C(F)(F)F)c4)n3)N(C)C2=O)no1. The van der Waals surface area contributed by atoms with Gasteiger partial charge in [-0.3, -0.25) is 24.5 Å². The molecule has 0 saturated carbocycles. The second-order valence-corrected chi connectivity index (χ2v) is 9.63. The minimum absolute atomic E-state index is 0.0218. The van der Waals surface area contributed by atoms with Gasteiger partial charge >= 0.3 is 12.2 Å². The zero-order valence-electron chi connectivity index (χ0n) is 22.2. The van der Waals surface area contributed by atoms with Gasteiger partial charge in [0.2, 0.25) is 5.91 Å². The number of anilines is 1. The Morgan fingerprint density at radius 1 is 1.17 bits per heavy atom. The molecule has 1 N–H and O–H groups in total. The maximum Gasteiger partial charge on any atom is 0.418 e. The van der Waals surface area contributed by atoms with Crippen molar-refractivity contribution in [3.63, 3.8) is 0 Å². The van der Waals surface area contributed by atoms with Gasteiger partial charge in [0, 0.05) is 30.6 Å². The number of carbonyl (C=O) groups is 3. The monoisotopic (exact) mass is 571 g/mol. The van der Waals surface area contributed by atoms with Crippen LogP contribution < -0.4 is 5.32 Å². The molecule has 0 radical (unpaired) electrons. The van der Waals surface area contributed by atoms with Crippen molar-refractivity contribution in [1.29, 1.82) is 0 Å². The predicted molar refractivity (Wildman–Crippen MR) is 136 cm³/mol. The highest BCUT2D eigenvalue weighted by Gasteiger charge is 2.51. The van der Waals surface area contributed by atoms with Crippen LogP contribution in [0.2, 0.25) is 0 Å². The number of aromatic nitrogens is 4. The number of alkyl halides is 3. The zero-order valence-corrected chi connectivity index (χ0v) is 22.2. The van der Waals surface area contributed by atoms with Crippen LogP contribution in [0.15, 0.2) is 40.2 Å². The number of aryl methyl sites for hydroxylation is 2. The number of carbonyl (C=O) groups excluding carboxylic acids is 3. The summed E-state index contributed by atoms with van der Waals surface area (Å²) in [6.07, 6.45) is -0.384. The first-order valence-corrected chi connectivity index (χ1v) is 12.3. The van der Waals surface area contributed by atoms with E-state index in [0.717, 1.165) is 11.0 Å². The van der Waals surface area contributed by atoms with Gasteiger partial charge in [0.15, 0.2) is 18.0 Å². The Balaban J connectivity index is 1.33. The lowest BCUT2D eigenvalue weighted by atomic mass is 10.1. The number of urea groups is 1. The van der Waals surface area contributed by atoms with Crippen LogP contribution in [-0.4, -0.2) is 84.3 Å². The highest BCUT2D eigenvalue weighted by atomic mass is 19.4. The summed E-state index contributed by atoms with van der Waals surface area (Å²) in [5.74, 6) is -0.657. The molecule has 1 saturated heterocycles. The summed E-state index contributed by atoms with van der Waals surface area (Å²) in [6, 6.07) is 0.0126. The van der Waals surface area contributed by atoms with Crippen LogP contribution in [0, 0.1) is 13.8 Å². The van der Waals surface area contributed by atoms with Crippen LogP contribution in [0.3, 0.4) is 0 Å². The molecule has 0 aromatic carbocycles. The molecular weight excluding hydrogens is 547 g/mol. The molecule has 2 aliphatic rings. The van der Waals surface area contributed by atoms with Gasteiger partial charge in [-0.2, -0.15) is 13.2 Å². The topological polar surface area (TPSA) is 150 Å². The van der Waals surface area contributed by atoms with Crippen molar-refractivity contribution in [3.05, 3.63) is 53.4 Å². The average molecular weight is 572 g/mol. The Kier molecular flexibility index (Phi) is 6.92. The van der Waals surface area contributed by atoms with Crippen molar-refractivity contribution >= 4 is 30.0 Å². The van der Waals surface area contributed by atoms with Gasteiger partial charge in [-0.05, 0) is 26.8 Å². The fraction of sp³-hybridized carbons (Fsp3) is 0.360. The van der Waals surface area contributed by atoms with Gasteiger partial charge in [0.25, 0.3) is 5.91 Å². The quantitative estimate of drug-likeness (QED) is 0.471. The molecule has 5 rings (SSSR count). The molecule has 3 atom stereocenters. The second-order valence-electron chi connectivity index (χ2n) is 9.63. The third-order valence-electron chi connectivity index (χ3n) is 6.80. The van der Waals surface area contributed by atoms with E-state index in [-0.39, 0.29) is 29.3 Å². The number of aliphatic imine (C=N–C) groups is 1. The number of imide groups is 1. The average Bonchev–Trinajstić information content (AvgIpc) is 3.55. The van der Waals surface area contributed by atoms with E-state index in [1.54, 1.807) is 13.0 Å². The third kappa shape index (κ3) is 5.19. The molecule has 3 aromatic heterocycles. The Morgan fingerprint density at radius 2 is 1.93 bits per heavy atom. The molecule has 5 heterocycles. The summed E-state index contributed by atoms with van der Waals surface area (Å²) < 4.78 is 45.1. The van der Waals surface area contributed by atoms with Crippen molar-refractivity contribution in [2.45, 2.75) is 51.7 Å². The number of halogens is 3. The molecule has 0 bridgehead atoms. The van der Waals surface area contributed by atoms with Crippen LogP contribution in [-0.2, 0) is 22.3 Å². The molecule has 0 aliphatic carbocycles. The number of fused-ring (bicyclic) bond motifs is 1. The van der Waals surface area contributed by atoms with Crippen LogP contribution in [0.5, 0.6) is 0 Å². The van der Waals surface area contributed by atoms with Crippen LogP contribution in [0.1, 0.15) is 29.6 Å². The maximum absolute atomic E-state index is 13.5. The lowest BCUT2D eigenvalue weighted by Crippen LogP contribution is -2.66. The number of nitrogens with one attached hydrogen (secondary N) is 1. The van der Waals surface area contributed by atoms with Crippen molar-refractivity contribution < 1.29 is 32.1 Å². The maximum atomic E-state index is 13.5. The van der Waals surface area contributed by atoms with E-state index in [2.05, 4.69) is 30.4 Å². The van der Waals surface area contributed by atoms with Gasteiger partial charge in [-0.1, -0.05) is 5.16 Å². The number of pyridine rings is 1. The molecule has 4 amide bonds. The lowest BCUT2D eigenvalue weighted by molar-refractivity contribution is -0.140. The van der Waals surface area contributed by atoms with Crippen molar-refractivity contribution in [2.75, 3.05) is 12.4 Å². The number of hydrogen-bond donors (Lipinski definition) is 1. The third-order valence-corrected chi connectivity index (χ3v) is 6.80. The van der Waals surface area contributed by atoms with Crippen molar-refractivity contribution in [2.24, 2.45) is 4.99 Å². The van der Waals surface area contributed by atoms with E-state index in [0.29, 0.717) is 11.5 Å². The van der Waals surface area contributed by atoms with Gasteiger partial charge in [0.05, 0.1) is 36.5 Å². The Hall–Kier alpha value is -4.89.